The van der Waals surface area contributed by atoms with E-state index < -0.39 is 16.0 Å². The highest BCUT2D eigenvalue weighted by Gasteiger charge is 2.34. The standard InChI is InChI=1S/C17H15NO5S/c19-17(20)14-3-1-2-11-6-8-18(16(11)14)24(21,22)13-4-5-15-12(10-13)7-9-23-15/h1-5,10H,6-9H2,(H,19,20). The van der Waals surface area contributed by atoms with Gasteiger partial charge in [0, 0.05) is 13.0 Å². The number of ether oxygens (including phenoxy) is 1. The highest BCUT2D eigenvalue weighted by Crippen LogP contribution is 2.37. The summed E-state index contributed by atoms with van der Waals surface area (Å²) < 4.78 is 32.8. The van der Waals surface area contributed by atoms with Crippen LogP contribution in [0.25, 0.3) is 0 Å². The van der Waals surface area contributed by atoms with E-state index >= 15 is 0 Å². The van der Waals surface area contributed by atoms with E-state index in [-0.39, 0.29) is 22.7 Å². The van der Waals surface area contributed by atoms with Gasteiger partial charge in [-0.25, -0.2) is 13.2 Å². The van der Waals surface area contributed by atoms with Crippen LogP contribution in [0.1, 0.15) is 21.5 Å². The van der Waals surface area contributed by atoms with Gasteiger partial charge in [0.15, 0.2) is 0 Å². The Labute approximate surface area is 139 Å². The predicted octanol–water partition coefficient (Wildman–Crippen LogP) is 2.07. The third-order valence-electron chi connectivity index (χ3n) is 4.43. The van der Waals surface area contributed by atoms with Crippen molar-refractivity contribution >= 4 is 21.7 Å². The zero-order valence-electron chi connectivity index (χ0n) is 12.7. The van der Waals surface area contributed by atoms with Gasteiger partial charge >= 0.3 is 5.97 Å². The number of fused-ring (bicyclic) bond motifs is 2. The van der Waals surface area contributed by atoms with Crippen molar-refractivity contribution < 1.29 is 23.1 Å². The maximum absolute atomic E-state index is 13.1. The fourth-order valence-electron chi connectivity index (χ4n) is 3.28. The summed E-state index contributed by atoms with van der Waals surface area (Å²) in [6.45, 7) is 0.796. The molecule has 0 radical (unpaired) electrons. The van der Waals surface area contributed by atoms with Crippen molar-refractivity contribution in [2.75, 3.05) is 17.5 Å². The lowest BCUT2D eigenvalue weighted by atomic mass is 10.1. The molecule has 2 aromatic carbocycles. The van der Waals surface area contributed by atoms with Crippen molar-refractivity contribution in [3.63, 3.8) is 0 Å². The van der Waals surface area contributed by atoms with Gasteiger partial charge in [0.05, 0.1) is 22.8 Å². The van der Waals surface area contributed by atoms with E-state index in [1.54, 1.807) is 24.3 Å². The number of carbonyl (C=O) groups is 1. The van der Waals surface area contributed by atoms with E-state index in [0.717, 1.165) is 11.1 Å². The highest BCUT2D eigenvalue weighted by atomic mass is 32.2. The summed E-state index contributed by atoms with van der Waals surface area (Å²) in [5.41, 5.74) is 1.89. The average molecular weight is 345 g/mol. The molecule has 0 aliphatic carbocycles. The normalized spacial score (nSPS) is 15.8. The minimum Gasteiger partial charge on any atom is -0.493 e. The number of carboxylic acids is 1. The molecule has 7 heteroatoms. The first-order valence-corrected chi connectivity index (χ1v) is 9.06. The number of rotatable bonds is 3. The van der Waals surface area contributed by atoms with Crippen LogP contribution in [0.3, 0.4) is 0 Å². The van der Waals surface area contributed by atoms with E-state index in [9.17, 15) is 18.3 Å². The fourth-order valence-corrected chi connectivity index (χ4v) is 4.86. The van der Waals surface area contributed by atoms with Gasteiger partial charge in [-0.2, -0.15) is 0 Å². The van der Waals surface area contributed by atoms with Crippen LogP contribution < -0.4 is 9.04 Å². The molecular weight excluding hydrogens is 330 g/mol. The van der Waals surface area contributed by atoms with Gasteiger partial charge in [-0.15, -0.1) is 0 Å². The third-order valence-corrected chi connectivity index (χ3v) is 6.23. The molecule has 0 unspecified atom stereocenters. The van der Waals surface area contributed by atoms with Crippen LogP contribution in [0.2, 0.25) is 0 Å². The van der Waals surface area contributed by atoms with Crippen LogP contribution >= 0.6 is 0 Å². The molecule has 0 saturated carbocycles. The molecule has 6 nitrogen and oxygen atoms in total. The maximum Gasteiger partial charge on any atom is 0.337 e. The van der Waals surface area contributed by atoms with Gasteiger partial charge in [-0.05, 0) is 41.8 Å². The van der Waals surface area contributed by atoms with E-state index in [1.165, 1.54) is 16.4 Å². The first-order valence-electron chi connectivity index (χ1n) is 7.62. The van der Waals surface area contributed by atoms with Gasteiger partial charge in [0.25, 0.3) is 10.0 Å². The van der Waals surface area contributed by atoms with Crippen molar-refractivity contribution in [1.82, 2.24) is 0 Å². The van der Waals surface area contributed by atoms with Gasteiger partial charge in [-0.1, -0.05) is 12.1 Å². The van der Waals surface area contributed by atoms with Crippen molar-refractivity contribution in [1.29, 1.82) is 0 Å². The third kappa shape index (κ3) is 2.16. The minimum absolute atomic E-state index is 0.0121. The Bertz CT molecular complexity index is 951. The van der Waals surface area contributed by atoms with Crippen LogP contribution in [0.5, 0.6) is 5.75 Å². The monoisotopic (exact) mass is 345 g/mol. The predicted molar refractivity (Wildman–Crippen MR) is 87.3 cm³/mol. The van der Waals surface area contributed by atoms with Crippen molar-refractivity contribution in [2.45, 2.75) is 17.7 Å². The summed E-state index contributed by atoms with van der Waals surface area (Å²) >= 11 is 0. The summed E-state index contributed by atoms with van der Waals surface area (Å²) in [5, 5.41) is 9.39. The van der Waals surface area contributed by atoms with Crippen LogP contribution in [-0.2, 0) is 22.9 Å². The molecule has 0 spiro atoms. The zero-order valence-corrected chi connectivity index (χ0v) is 13.5. The van der Waals surface area contributed by atoms with Crippen LogP contribution in [0, 0.1) is 0 Å². The molecule has 1 N–H and O–H groups in total. The summed E-state index contributed by atoms with van der Waals surface area (Å²) in [5.74, 6) is -0.418. The zero-order chi connectivity index (χ0) is 16.9. The molecule has 124 valence electrons. The molecule has 0 saturated heterocycles. The molecule has 2 aromatic rings. The lowest BCUT2D eigenvalue weighted by molar-refractivity contribution is 0.0698. The number of sulfonamides is 1. The molecular formula is C17H15NO5S. The summed E-state index contributed by atoms with van der Waals surface area (Å²) in [6, 6.07) is 9.65. The van der Waals surface area contributed by atoms with Crippen LogP contribution in [-0.4, -0.2) is 32.6 Å². The van der Waals surface area contributed by atoms with E-state index in [4.69, 9.17) is 4.74 Å². The SMILES string of the molecule is O=C(O)c1cccc2c1N(S(=O)(=O)c1ccc3c(c1)CCO3)CC2. The Morgan fingerprint density at radius 3 is 2.75 bits per heavy atom. The molecule has 0 aromatic heterocycles. The number of hydrogen-bond acceptors (Lipinski definition) is 4. The average Bonchev–Trinajstić information content (AvgIpc) is 3.20. The van der Waals surface area contributed by atoms with E-state index in [2.05, 4.69) is 0 Å². The van der Waals surface area contributed by atoms with Gasteiger partial charge in [-0.3, -0.25) is 4.31 Å². The topological polar surface area (TPSA) is 83.9 Å². The summed E-state index contributed by atoms with van der Waals surface area (Å²) in [7, 11) is -3.82. The molecule has 0 amide bonds. The lowest BCUT2D eigenvalue weighted by Gasteiger charge is -2.21. The molecule has 0 fully saturated rings. The number of benzene rings is 2. The van der Waals surface area contributed by atoms with Gasteiger partial charge in [0.2, 0.25) is 0 Å². The first-order chi connectivity index (χ1) is 11.5. The van der Waals surface area contributed by atoms with Crippen molar-refractivity contribution in [3.8, 4) is 5.75 Å². The Morgan fingerprint density at radius 2 is 1.96 bits per heavy atom. The number of para-hydroxylation sites is 1. The quantitative estimate of drug-likeness (QED) is 0.921. The summed E-state index contributed by atoms with van der Waals surface area (Å²) in [6.07, 6.45) is 1.18. The minimum atomic E-state index is -3.82. The highest BCUT2D eigenvalue weighted by molar-refractivity contribution is 7.92. The second kappa shape index (κ2) is 5.24. The summed E-state index contributed by atoms with van der Waals surface area (Å²) in [4.78, 5) is 11.7. The second-order valence-corrected chi connectivity index (χ2v) is 7.68. The van der Waals surface area contributed by atoms with E-state index in [1.807, 2.05) is 0 Å². The van der Waals surface area contributed by atoms with Gasteiger partial charge in [0.1, 0.15) is 5.75 Å². The largest absolute Gasteiger partial charge is 0.493 e. The molecule has 0 atom stereocenters. The number of aromatic carboxylic acids is 1. The number of nitrogens with zero attached hydrogens (tertiary/aromatic N) is 1. The molecule has 24 heavy (non-hydrogen) atoms. The molecule has 2 aliphatic heterocycles. The Balaban J connectivity index is 1.82. The molecule has 2 aliphatic rings. The first kappa shape index (κ1) is 15.0. The van der Waals surface area contributed by atoms with Crippen LogP contribution in [0.15, 0.2) is 41.3 Å². The second-order valence-electron chi connectivity index (χ2n) is 5.81. The number of anilines is 1. The van der Waals surface area contributed by atoms with E-state index in [0.29, 0.717) is 25.2 Å². The molecule has 4 rings (SSSR count). The maximum atomic E-state index is 13.1. The molecule has 2 heterocycles. The van der Waals surface area contributed by atoms with Gasteiger partial charge < -0.3 is 9.84 Å². The number of hydrogen-bond donors (Lipinski definition) is 1. The van der Waals surface area contributed by atoms with Crippen molar-refractivity contribution in [3.05, 3.63) is 53.1 Å². The Hall–Kier alpha value is -2.54. The molecule has 0 bridgehead atoms. The Morgan fingerprint density at radius 1 is 1.12 bits per heavy atom. The fraction of sp³-hybridized carbons (Fsp3) is 0.235. The van der Waals surface area contributed by atoms with Crippen LogP contribution in [0.4, 0.5) is 5.69 Å². The lowest BCUT2D eigenvalue weighted by Crippen LogP contribution is -2.30. The number of carboxylic acid groups (broad SMARTS) is 1. The smallest absolute Gasteiger partial charge is 0.337 e. The Kier molecular flexibility index (Phi) is 3.28. The van der Waals surface area contributed by atoms with Crippen molar-refractivity contribution in [2.24, 2.45) is 0 Å².